The van der Waals surface area contributed by atoms with Gasteiger partial charge in [-0.05, 0) is 32.1 Å². The fourth-order valence-electron chi connectivity index (χ4n) is 2.01. The molecule has 0 amide bonds. The van der Waals surface area contributed by atoms with E-state index in [2.05, 4.69) is 11.7 Å². The molecule has 0 aromatic rings. The topological polar surface area (TPSA) is 63.6 Å². The van der Waals surface area contributed by atoms with E-state index in [1.165, 1.54) is 0 Å². The number of hydrogen-bond acceptors (Lipinski definition) is 4. The Morgan fingerprint density at radius 2 is 1.56 bits per heavy atom. The highest BCUT2D eigenvalue weighted by atomic mass is 16.5. The van der Waals surface area contributed by atoms with Crippen LogP contribution in [0.2, 0.25) is 0 Å². The maximum Gasteiger partial charge on any atom is 0.293 e. The van der Waals surface area contributed by atoms with Gasteiger partial charge in [-0.1, -0.05) is 79.8 Å². The third kappa shape index (κ3) is 18.1. The Kier molecular flexibility index (Phi) is 18.0. The molecule has 0 saturated heterocycles. The zero-order chi connectivity index (χ0) is 20.0. The van der Waals surface area contributed by atoms with Gasteiger partial charge in [0.05, 0.1) is 12.7 Å². The molecule has 0 fully saturated rings. The van der Waals surface area contributed by atoms with Crippen LogP contribution >= 0.6 is 0 Å². The van der Waals surface area contributed by atoms with Crippen molar-refractivity contribution < 1.29 is 19.4 Å². The van der Waals surface area contributed by atoms with Crippen LogP contribution in [0.5, 0.6) is 0 Å². The summed E-state index contributed by atoms with van der Waals surface area (Å²) in [6.45, 7) is 2.86. The number of ether oxygens (including phenoxy) is 1. The second kappa shape index (κ2) is 19.9. The molecule has 0 aromatic carbocycles. The summed E-state index contributed by atoms with van der Waals surface area (Å²) in [4.78, 5) is 21.0. The van der Waals surface area contributed by atoms with Crippen molar-refractivity contribution >= 4 is 12.8 Å². The first kappa shape index (κ1) is 24.5. The van der Waals surface area contributed by atoms with Crippen molar-refractivity contribution in [3.05, 3.63) is 72.9 Å². The van der Waals surface area contributed by atoms with Crippen molar-refractivity contribution in [2.45, 2.75) is 45.1 Å². The lowest BCUT2D eigenvalue weighted by molar-refractivity contribution is -0.128. The molecule has 0 bridgehead atoms. The molecule has 0 aromatic heterocycles. The van der Waals surface area contributed by atoms with E-state index in [4.69, 9.17) is 0 Å². The highest BCUT2D eigenvalue weighted by Gasteiger charge is 1.98. The smallest absolute Gasteiger partial charge is 0.293 e. The molecule has 0 rings (SSSR count). The number of allylic oxidation sites excluding steroid dienone is 9. The average molecular weight is 373 g/mol. The van der Waals surface area contributed by atoms with Gasteiger partial charge in [0.1, 0.15) is 6.29 Å². The first-order valence-corrected chi connectivity index (χ1v) is 9.39. The van der Waals surface area contributed by atoms with Gasteiger partial charge in [-0.2, -0.15) is 0 Å². The zero-order valence-corrected chi connectivity index (χ0v) is 16.2. The average Bonchev–Trinajstić information content (AvgIpc) is 2.67. The number of aliphatic hydroxyl groups excluding tert-OH is 1. The van der Waals surface area contributed by atoms with Gasteiger partial charge in [-0.15, -0.1) is 0 Å². The van der Waals surface area contributed by atoms with Gasteiger partial charge >= 0.3 is 0 Å². The van der Waals surface area contributed by atoms with Gasteiger partial charge in [-0.3, -0.25) is 4.79 Å². The van der Waals surface area contributed by atoms with Crippen molar-refractivity contribution in [2.24, 2.45) is 5.92 Å². The van der Waals surface area contributed by atoms with Crippen LogP contribution in [-0.4, -0.2) is 30.6 Å². The van der Waals surface area contributed by atoms with Gasteiger partial charge in [0, 0.05) is 5.92 Å². The van der Waals surface area contributed by atoms with Crippen molar-refractivity contribution in [1.82, 2.24) is 0 Å². The fraction of sp³-hybridized carbons (Fsp3) is 0.391. The Morgan fingerprint density at radius 3 is 2.22 bits per heavy atom. The van der Waals surface area contributed by atoms with Crippen molar-refractivity contribution in [3.8, 4) is 0 Å². The Morgan fingerprint density at radius 1 is 0.852 bits per heavy atom. The summed E-state index contributed by atoms with van der Waals surface area (Å²) in [5.74, 6) is -0.153. The SMILES string of the molecule is CC/C=C\CC(O)/C=C/C=C\C/C=C\C=C\[C@H](C=O)C/C=C\CCOC=O. The molecule has 0 spiro atoms. The van der Waals surface area contributed by atoms with E-state index in [0.717, 1.165) is 19.1 Å². The quantitative estimate of drug-likeness (QED) is 0.185. The van der Waals surface area contributed by atoms with E-state index in [1.54, 1.807) is 6.08 Å². The monoisotopic (exact) mass is 372 g/mol. The predicted molar refractivity (Wildman–Crippen MR) is 111 cm³/mol. The fourth-order valence-corrected chi connectivity index (χ4v) is 2.01. The second-order valence-electron chi connectivity index (χ2n) is 5.81. The summed E-state index contributed by atoms with van der Waals surface area (Å²) in [5.41, 5.74) is 0. The lowest BCUT2D eigenvalue weighted by Crippen LogP contribution is -1.98. The minimum absolute atomic E-state index is 0.153. The van der Waals surface area contributed by atoms with Crippen LogP contribution in [0.15, 0.2) is 72.9 Å². The highest BCUT2D eigenvalue weighted by Crippen LogP contribution is 2.04. The van der Waals surface area contributed by atoms with E-state index >= 15 is 0 Å². The molecule has 1 N–H and O–H groups in total. The number of rotatable bonds is 16. The van der Waals surface area contributed by atoms with E-state index in [9.17, 15) is 14.7 Å². The third-order valence-corrected chi connectivity index (χ3v) is 3.46. The van der Waals surface area contributed by atoms with Gasteiger partial charge in [0.2, 0.25) is 0 Å². The summed E-state index contributed by atoms with van der Waals surface area (Å²) in [6.07, 6.45) is 27.2. The largest absolute Gasteiger partial charge is 0.468 e. The Labute approximate surface area is 163 Å². The lowest BCUT2D eigenvalue weighted by Gasteiger charge is -1.99. The first-order valence-electron chi connectivity index (χ1n) is 9.39. The third-order valence-electron chi connectivity index (χ3n) is 3.46. The van der Waals surface area contributed by atoms with E-state index in [1.807, 2.05) is 66.8 Å². The zero-order valence-electron chi connectivity index (χ0n) is 16.2. The molecule has 27 heavy (non-hydrogen) atoms. The minimum Gasteiger partial charge on any atom is -0.468 e. The van der Waals surface area contributed by atoms with Crippen LogP contribution < -0.4 is 0 Å². The molecule has 0 aliphatic heterocycles. The van der Waals surface area contributed by atoms with Gasteiger partial charge < -0.3 is 14.6 Å². The Balaban J connectivity index is 3.98. The van der Waals surface area contributed by atoms with Crippen molar-refractivity contribution in [1.29, 1.82) is 0 Å². The maximum atomic E-state index is 11.0. The molecule has 0 heterocycles. The summed E-state index contributed by atoms with van der Waals surface area (Å²) in [7, 11) is 0. The molecule has 2 atom stereocenters. The summed E-state index contributed by atoms with van der Waals surface area (Å²) in [5, 5.41) is 9.69. The van der Waals surface area contributed by atoms with Crippen LogP contribution in [0, 0.1) is 5.92 Å². The molecule has 4 heteroatoms. The van der Waals surface area contributed by atoms with Gasteiger partial charge in [0.15, 0.2) is 0 Å². The molecule has 148 valence electrons. The van der Waals surface area contributed by atoms with Crippen LogP contribution in [-0.2, 0) is 14.3 Å². The molecular weight excluding hydrogens is 340 g/mol. The molecule has 0 aliphatic rings. The van der Waals surface area contributed by atoms with Gasteiger partial charge in [0.25, 0.3) is 6.47 Å². The standard InChI is InChI=1S/C23H32O4/c1-2-3-10-17-23(26)18-13-8-6-4-5-7-11-15-22(20-24)16-12-9-14-19-27-21-25/h3,5-13,15,18,20-23,26H,2,4,14,16-17,19H2,1H3/b7-5-,8-6-,10-3-,12-9-,15-11+,18-13+/t22-,23?/m0/s1. The molecule has 0 aliphatic carbocycles. The number of hydrogen-bond donors (Lipinski definition) is 1. The van der Waals surface area contributed by atoms with Crippen LogP contribution in [0.3, 0.4) is 0 Å². The van der Waals surface area contributed by atoms with Crippen molar-refractivity contribution in [3.63, 3.8) is 0 Å². The van der Waals surface area contributed by atoms with E-state index in [-0.39, 0.29) is 5.92 Å². The normalized spacial score (nSPS) is 15.0. The van der Waals surface area contributed by atoms with Crippen LogP contribution in [0.25, 0.3) is 0 Å². The highest BCUT2D eigenvalue weighted by molar-refractivity contribution is 5.57. The summed E-state index contributed by atoms with van der Waals surface area (Å²) >= 11 is 0. The summed E-state index contributed by atoms with van der Waals surface area (Å²) in [6, 6.07) is 0. The van der Waals surface area contributed by atoms with E-state index in [0.29, 0.717) is 32.3 Å². The first-order chi connectivity index (χ1) is 13.2. The number of aliphatic hydroxyl groups is 1. The van der Waals surface area contributed by atoms with Crippen LogP contribution in [0.4, 0.5) is 0 Å². The molecule has 0 radical (unpaired) electrons. The lowest BCUT2D eigenvalue weighted by atomic mass is 10.1. The van der Waals surface area contributed by atoms with Crippen LogP contribution in [0.1, 0.15) is 39.0 Å². The van der Waals surface area contributed by atoms with E-state index < -0.39 is 6.10 Å². The van der Waals surface area contributed by atoms with Gasteiger partial charge in [-0.25, -0.2) is 0 Å². The number of aldehydes is 1. The number of carbonyl (C=O) groups is 2. The Hall–Kier alpha value is -2.46. The predicted octanol–water partition coefficient (Wildman–Crippen LogP) is 4.64. The summed E-state index contributed by atoms with van der Waals surface area (Å²) < 4.78 is 4.58. The molecule has 1 unspecified atom stereocenters. The number of carbonyl (C=O) groups excluding carboxylic acids is 2. The van der Waals surface area contributed by atoms with Crippen molar-refractivity contribution in [2.75, 3.05) is 6.61 Å². The Bertz CT molecular complexity index is 539. The minimum atomic E-state index is -0.442. The molecule has 4 nitrogen and oxygen atoms in total. The molecule has 0 saturated carbocycles. The second-order valence-corrected chi connectivity index (χ2v) is 5.81. The molecular formula is C23H32O4. The maximum absolute atomic E-state index is 11.0.